The molecule has 1 aliphatic rings. The maximum absolute atomic E-state index is 12.5. The van der Waals surface area contributed by atoms with Crippen molar-refractivity contribution >= 4 is 17.4 Å². The molecule has 0 aromatic heterocycles. The van der Waals surface area contributed by atoms with E-state index in [2.05, 4.69) is 18.2 Å². The van der Waals surface area contributed by atoms with Crippen LogP contribution in [0.5, 0.6) is 0 Å². The van der Waals surface area contributed by atoms with Crippen LogP contribution in [0.4, 0.5) is 0 Å². The molecular formula is C23H25NO3. The van der Waals surface area contributed by atoms with Crippen molar-refractivity contribution in [3.8, 4) is 0 Å². The van der Waals surface area contributed by atoms with Gasteiger partial charge in [-0.25, -0.2) is 0 Å². The molecule has 3 rings (SSSR count). The zero-order valence-electron chi connectivity index (χ0n) is 15.9. The van der Waals surface area contributed by atoms with Crippen LogP contribution in [0.2, 0.25) is 0 Å². The van der Waals surface area contributed by atoms with Crippen LogP contribution in [0.1, 0.15) is 31.4 Å². The molecule has 0 N–H and O–H groups in total. The second-order valence-electron chi connectivity index (χ2n) is 7.25. The van der Waals surface area contributed by atoms with E-state index in [1.807, 2.05) is 62.4 Å². The van der Waals surface area contributed by atoms with Gasteiger partial charge in [0, 0.05) is 13.1 Å². The van der Waals surface area contributed by atoms with Crippen LogP contribution in [0.3, 0.4) is 0 Å². The third-order valence-electron chi connectivity index (χ3n) is 5.04. The van der Waals surface area contributed by atoms with Crippen LogP contribution in [-0.4, -0.2) is 36.5 Å². The number of rotatable bonds is 5. The highest BCUT2D eigenvalue weighted by molar-refractivity contribution is 5.86. The fraction of sp³-hybridized carbons (Fsp3) is 0.304. The van der Waals surface area contributed by atoms with Gasteiger partial charge in [-0.2, -0.15) is 0 Å². The van der Waals surface area contributed by atoms with Gasteiger partial charge in [-0.3, -0.25) is 9.59 Å². The van der Waals surface area contributed by atoms with Gasteiger partial charge in [0.2, 0.25) is 0 Å². The number of hydrogen-bond donors (Lipinski definition) is 0. The Hall–Kier alpha value is -2.88. The molecule has 1 amide bonds. The van der Waals surface area contributed by atoms with Crippen LogP contribution in [0.15, 0.2) is 66.7 Å². The highest BCUT2D eigenvalue weighted by Gasteiger charge is 2.32. The summed E-state index contributed by atoms with van der Waals surface area (Å²) >= 11 is 0. The number of ether oxygens (including phenoxy) is 1. The summed E-state index contributed by atoms with van der Waals surface area (Å²) in [6.07, 6.45) is 2.88. The number of hydrogen-bond acceptors (Lipinski definition) is 3. The predicted octanol–water partition coefficient (Wildman–Crippen LogP) is 3.82. The molecule has 27 heavy (non-hydrogen) atoms. The average Bonchev–Trinajstić information content (AvgIpc) is 2.73. The van der Waals surface area contributed by atoms with E-state index in [1.165, 1.54) is 11.1 Å². The monoisotopic (exact) mass is 363 g/mol. The minimum absolute atomic E-state index is 0.157. The molecule has 0 unspecified atom stereocenters. The molecule has 1 heterocycles. The molecule has 2 aromatic rings. The summed E-state index contributed by atoms with van der Waals surface area (Å²) in [6.45, 7) is 4.58. The van der Waals surface area contributed by atoms with Gasteiger partial charge < -0.3 is 9.64 Å². The molecule has 0 aliphatic carbocycles. The molecule has 140 valence electrons. The predicted molar refractivity (Wildman–Crippen MR) is 106 cm³/mol. The van der Waals surface area contributed by atoms with E-state index in [0.29, 0.717) is 13.1 Å². The lowest BCUT2D eigenvalue weighted by Gasteiger charge is -2.28. The van der Waals surface area contributed by atoms with E-state index in [9.17, 15) is 9.59 Å². The molecule has 2 aromatic carbocycles. The number of esters is 1. The molecule has 0 saturated heterocycles. The smallest absolute Gasteiger partial charge is 0.316 e. The lowest BCUT2D eigenvalue weighted by molar-refractivity contribution is -0.156. The Kier molecular flexibility index (Phi) is 5.75. The summed E-state index contributed by atoms with van der Waals surface area (Å²) in [5.41, 5.74) is 2.53. The molecular weight excluding hydrogens is 338 g/mol. The van der Waals surface area contributed by atoms with Crippen LogP contribution in [0.25, 0.3) is 5.57 Å². The molecule has 4 nitrogen and oxygen atoms in total. The van der Waals surface area contributed by atoms with Gasteiger partial charge >= 0.3 is 5.97 Å². The minimum atomic E-state index is -0.788. The third-order valence-corrected chi connectivity index (χ3v) is 5.04. The maximum Gasteiger partial charge on any atom is 0.316 e. The topological polar surface area (TPSA) is 46.6 Å². The van der Waals surface area contributed by atoms with Gasteiger partial charge in [-0.15, -0.1) is 0 Å². The van der Waals surface area contributed by atoms with Crippen molar-refractivity contribution in [1.82, 2.24) is 4.90 Å². The minimum Gasteiger partial charge on any atom is -0.455 e. The van der Waals surface area contributed by atoms with Crippen LogP contribution < -0.4 is 0 Å². The third kappa shape index (κ3) is 4.45. The van der Waals surface area contributed by atoms with E-state index in [1.54, 1.807) is 4.90 Å². The second kappa shape index (κ2) is 8.21. The van der Waals surface area contributed by atoms with Gasteiger partial charge in [0.15, 0.2) is 6.61 Å². The first kappa shape index (κ1) is 18.9. The van der Waals surface area contributed by atoms with Crippen molar-refractivity contribution < 1.29 is 14.3 Å². The zero-order valence-corrected chi connectivity index (χ0v) is 15.9. The Morgan fingerprint density at radius 3 is 2.22 bits per heavy atom. The standard InChI is InChI=1S/C23H25NO3/c1-23(2,20-11-7-4-8-12-20)22(26)27-17-21(25)24-15-13-19(14-16-24)18-9-5-3-6-10-18/h3-13H,14-17H2,1-2H3. The highest BCUT2D eigenvalue weighted by atomic mass is 16.5. The molecule has 0 bridgehead atoms. The van der Waals surface area contributed by atoms with Crippen molar-refractivity contribution in [3.63, 3.8) is 0 Å². The quantitative estimate of drug-likeness (QED) is 0.759. The van der Waals surface area contributed by atoms with Crippen molar-refractivity contribution in [2.75, 3.05) is 19.7 Å². The molecule has 0 saturated carbocycles. The normalized spacial score (nSPS) is 14.4. The van der Waals surface area contributed by atoms with Crippen LogP contribution in [-0.2, 0) is 19.7 Å². The lowest BCUT2D eigenvalue weighted by Crippen LogP contribution is -2.39. The van der Waals surface area contributed by atoms with Crippen molar-refractivity contribution in [2.45, 2.75) is 25.7 Å². The summed E-state index contributed by atoms with van der Waals surface area (Å²) in [4.78, 5) is 26.6. The highest BCUT2D eigenvalue weighted by Crippen LogP contribution is 2.25. The summed E-state index contributed by atoms with van der Waals surface area (Å²) in [5.74, 6) is -0.546. The fourth-order valence-corrected chi connectivity index (χ4v) is 3.18. The number of carbonyl (C=O) groups excluding carboxylic acids is 2. The first-order valence-electron chi connectivity index (χ1n) is 9.23. The SMILES string of the molecule is CC(C)(C(=O)OCC(=O)N1CC=C(c2ccccc2)CC1)c1ccccc1. The Bertz CT molecular complexity index is 825. The van der Waals surface area contributed by atoms with Crippen molar-refractivity contribution in [2.24, 2.45) is 0 Å². The lowest BCUT2D eigenvalue weighted by atomic mass is 9.85. The van der Waals surface area contributed by atoms with E-state index in [-0.39, 0.29) is 18.5 Å². The van der Waals surface area contributed by atoms with E-state index >= 15 is 0 Å². The maximum atomic E-state index is 12.5. The van der Waals surface area contributed by atoms with Crippen LogP contribution in [0, 0.1) is 0 Å². The number of benzene rings is 2. The fourth-order valence-electron chi connectivity index (χ4n) is 3.18. The summed E-state index contributed by atoms with van der Waals surface area (Å²) in [6, 6.07) is 19.7. The Labute approximate surface area is 160 Å². The van der Waals surface area contributed by atoms with E-state index in [0.717, 1.165) is 12.0 Å². The summed E-state index contributed by atoms with van der Waals surface area (Å²) < 4.78 is 5.34. The zero-order chi connectivity index (χ0) is 19.3. The van der Waals surface area contributed by atoms with E-state index < -0.39 is 5.41 Å². The molecule has 0 atom stereocenters. The van der Waals surface area contributed by atoms with Crippen molar-refractivity contribution in [3.05, 3.63) is 77.9 Å². The van der Waals surface area contributed by atoms with Crippen LogP contribution >= 0.6 is 0 Å². The van der Waals surface area contributed by atoms with Gasteiger partial charge in [0.1, 0.15) is 0 Å². The van der Waals surface area contributed by atoms with Gasteiger partial charge in [-0.1, -0.05) is 66.7 Å². The Balaban J connectivity index is 1.54. The van der Waals surface area contributed by atoms with E-state index in [4.69, 9.17) is 4.74 Å². The summed E-state index contributed by atoms with van der Waals surface area (Å²) in [5, 5.41) is 0. The Morgan fingerprint density at radius 1 is 1.00 bits per heavy atom. The largest absolute Gasteiger partial charge is 0.455 e. The molecule has 0 fully saturated rings. The van der Waals surface area contributed by atoms with Gasteiger partial charge in [0.25, 0.3) is 5.91 Å². The Morgan fingerprint density at radius 2 is 1.63 bits per heavy atom. The first-order valence-corrected chi connectivity index (χ1v) is 9.23. The molecule has 0 spiro atoms. The van der Waals surface area contributed by atoms with Gasteiger partial charge in [-0.05, 0) is 37.0 Å². The molecule has 4 heteroatoms. The number of nitrogens with zero attached hydrogens (tertiary/aromatic N) is 1. The number of carbonyl (C=O) groups is 2. The molecule has 1 aliphatic heterocycles. The van der Waals surface area contributed by atoms with Gasteiger partial charge in [0.05, 0.1) is 5.41 Å². The number of amides is 1. The first-order chi connectivity index (χ1) is 13.0. The molecule has 0 radical (unpaired) electrons. The average molecular weight is 363 g/mol. The summed E-state index contributed by atoms with van der Waals surface area (Å²) in [7, 11) is 0. The van der Waals surface area contributed by atoms with Crippen molar-refractivity contribution in [1.29, 1.82) is 0 Å². The second-order valence-corrected chi connectivity index (χ2v) is 7.25.